The molecule has 2 aliphatic rings. The number of aromatic nitrogens is 5. The predicted octanol–water partition coefficient (Wildman–Crippen LogP) is 4.02. The molecule has 0 bridgehead atoms. The molecule has 0 unspecified atom stereocenters. The first kappa shape index (κ1) is 21.7. The maximum Gasteiger partial charge on any atom is 0.228 e. The summed E-state index contributed by atoms with van der Waals surface area (Å²) in [6.07, 6.45) is 4.97. The number of ether oxygens (including phenoxy) is 1. The molecular formula is C23H32N8O2. The van der Waals surface area contributed by atoms with Gasteiger partial charge in [-0.15, -0.1) is 0 Å². The van der Waals surface area contributed by atoms with Crippen LogP contribution in [0.25, 0.3) is 0 Å². The van der Waals surface area contributed by atoms with Crippen molar-refractivity contribution in [3.05, 3.63) is 35.3 Å². The molecule has 176 valence electrons. The van der Waals surface area contributed by atoms with Crippen LogP contribution in [-0.4, -0.2) is 56.5 Å². The number of hydrogen-bond donors (Lipinski definition) is 3. The van der Waals surface area contributed by atoms with Crippen molar-refractivity contribution < 1.29 is 9.26 Å². The van der Waals surface area contributed by atoms with Crippen molar-refractivity contribution in [2.75, 3.05) is 36.9 Å². The minimum absolute atomic E-state index is 0.316. The summed E-state index contributed by atoms with van der Waals surface area (Å²) in [4.78, 5) is 11.6. The molecule has 5 rings (SSSR count). The smallest absolute Gasteiger partial charge is 0.228 e. The highest BCUT2D eigenvalue weighted by Gasteiger charge is 2.25. The lowest BCUT2D eigenvalue weighted by Gasteiger charge is -2.15. The molecule has 1 saturated heterocycles. The van der Waals surface area contributed by atoms with E-state index >= 15 is 0 Å². The van der Waals surface area contributed by atoms with Gasteiger partial charge in [-0.25, -0.2) is 0 Å². The number of nitrogens with one attached hydrogen (secondary N) is 3. The first-order valence-corrected chi connectivity index (χ1v) is 11.9. The number of nitrogens with zero attached hydrogens (tertiary/aromatic N) is 5. The average Bonchev–Trinajstić information content (AvgIpc) is 3.20. The molecule has 1 aliphatic heterocycles. The van der Waals surface area contributed by atoms with Gasteiger partial charge in [0.1, 0.15) is 12.4 Å². The van der Waals surface area contributed by atoms with E-state index in [4.69, 9.17) is 9.26 Å². The second-order valence-corrected chi connectivity index (χ2v) is 9.15. The second-order valence-electron chi connectivity index (χ2n) is 9.15. The largest absolute Gasteiger partial charge is 0.476 e. The van der Waals surface area contributed by atoms with E-state index < -0.39 is 0 Å². The Morgan fingerprint density at radius 2 is 2.00 bits per heavy atom. The Hall–Kier alpha value is -3.14. The van der Waals surface area contributed by atoms with Crippen LogP contribution in [0.4, 0.5) is 17.6 Å². The Labute approximate surface area is 193 Å². The minimum atomic E-state index is 0.316. The highest BCUT2D eigenvalue weighted by molar-refractivity contribution is 5.55. The third-order valence-corrected chi connectivity index (χ3v) is 6.02. The van der Waals surface area contributed by atoms with Crippen LogP contribution in [0.15, 0.2) is 22.7 Å². The topological polar surface area (TPSA) is 117 Å². The van der Waals surface area contributed by atoms with Gasteiger partial charge >= 0.3 is 0 Å². The van der Waals surface area contributed by atoms with Crippen molar-refractivity contribution in [2.45, 2.75) is 57.9 Å². The quantitative estimate of drug-likeness (QED) is 0.396. The Balaban J connectivity index is 1.27. The molecule has 3 aromatic heterocycles. The molecule has 3 N–H and O–H groups in total. The zero-order valence-electron chi connectivity index (χ0n) is 19.3. The lowest BCUT2D eigenvalue weighted by Crippen LogP contribution is -2.25. The van der Waals surface area contributed by atoms with Crippen molar-refractivity contribution in [3.63, 3.8) is 0 Å². The van der Waals surface area contributed by atoms with Crippen LogP contribution in [-0.2, 0) is 6.54 Å². The van der Waals surface area contributed by atoms with E-state index in [2.05, 4.69) is 54.7 Å². The zero-order chi connectivity index (χ0) is 22.6. The van der Waals surface area contributed by atoms with Crippen LogP contribution in [0.1, 0.15) is 68.5 Å². The summed E-state index contributed by atoms with van der Waals surface area (Å²) in [5, 5.41) is 18.1. The first-order valence-electron chi connectivity index (χ1n) is 11.9. The highest BCUT2D eigenvalue weighted by atomic mass is 16.5. The maximum atomic E-state index is 5.99. The number of anilines is 3. The zero-order valence-corrected chi connectivity index (χ0v) is 19.3. The Morgan fingerprint density at radius 3 is 2.76 bits per heavy atom. The third kappa shape index (κ3) is 5.81. The van der Waals surface area contributed by atoms with Gasteiger partial charge in [0.05, 0.1) is 12.2 Å². The van der Waals surface area contributed by atoms with Crippen molar-refractivity contribution >= 4 is 17.6 Å². The van der Waals surface area contributed by atoms with Crippen LogP contribution in [0.3, 0.4) is 0 Å². The van der Waals surface area contributed by atoms with Crippen LogP contribution < -0.4 is 15.4 Å². The van der Waals surface area contributed by atoms with Crippen LogP contribution >= 0.6 is 0 Å². The molecule has 10 nitrogen and oxygen atoms in total. The van der Waals surface area contributed by atoms with Crippen LogP contribution in [0, 0.1) is 0 Å². The summed E-state index contributed by atoms with van der Waals surface area (Å²) in [5.74, 6) is 4.00. The fourth-order valence-corrected chi connectivity index (χ4v) is 3.91. The van der Waals surface area contributed by atoms with Crippen molar-refractivity contribution in [1.82, 2.24) is 30.2 Å². The summed E-state index contributed by atoms with van der Waals surface area (Å²) >= 11 is 0. The molecule has 0 amide bonds. The van der Waals surface area contributed by atoms with Crippen LogP contribution in [0.2, 0.25) is 0 Å². The standard InChI is InChI=1S/C23H32N8O2/c1-15(2)18-11-17(33-30-18)14-24-23-26-20(25-21-12-19(28-29-21)16-5-6-16)13-22(27-23)32-10-9-31-7-3-4-8-31/h11-13,15-16H,3-10,14H2,1-2H3,(H3,24,25,26,27,28,29). The van der Waals surface area contributed by atoms with E-state index in [-0.39, 0.29) is 0 Å². The van der Waals surface area contributed by atoms with Crippen molar-refractivity contribution in [3.8, 4) is 5.88 Å². The van der Waals surface area contributed by atoms with Gasteiger partial charge in [0.2, 0.25) is 11.8 Å². The summed E-state index contributed by atoms with van der Waals surface area (Å²) in [6.45, 7) is 8.38. The molecule has 0 atom stereocenters. The molecule has 3 aromatic rings. The molecular weight excluding hydrogens is 420 g/mol. The predicted molar refractivity (Wildman–Crippen MR) is 125 cm³/mol. The molecule has 10 heteroatoms. The summed E-state index contributed by atoms with van der Waals surface area (Å²) in [6, 6.07) is 5.81. The Bertz CT molecular complexity index is 1050. The average molecular weight is 453 g/mol. The molecule has 1 saturated carbocycles. The number of likely N-dealkylation sites (tertiary alicyclic amines) is 1. The summed E-state index contributed by atoms with van der Waals surface area (Å²) in [5.41, 5.74) is 2.09. The highest BCUT2D eigenvalue weighted by Crippen LogP contribution is 2.39. The molecule has 0 radical (unpaired) electrons. The number of rotatable bonds is 11. The van der Waals surface area contributed by atoms with Crippen LogP contribution in [0.5, 0.6) is 5.88 Å². The monoisotopic (exact) mass is 452 g/mol. The van der Waals surface area contributed by atoms with Gasteiger partial charge in [-0.1, -0.05) is 19.0 Å². The molecule has 0 aromatic carbocycles. The van der Waals surface area contributed by atoms with E-state index in [1.807, 2.05) is 18.2 Å². The lowest BCUT2D eigenvalue weighted by atomic mass is 10.1. The van der Waals surface area contributed by atoms with E-state index in [0.717, 1.165) is 36.9 Å². The maximum absolute atomic E-state index is 5.99. The fourth-order valence-electron chi connectivity index (χ4n) is 3.91. The molecule has 4 heterocycles. The fraction of sp³-hybridized carbons (Fsp3) is 0.565. The second kappa shape index (κ2) is 9.78. The van der Waals surface area contributed by atoms with Gasteiger partial charge in [0.15, 0.2) is 11.6 Å². The van der Waals surface area contributed by atoms with E-state index in [0.29, 0.717) is 42.6 Å². The number of aromatic amines is 1. The van der Waals surface area contributed by atoms with Gasteiger partial charge < -0.3 is 19.9 Å². The normalized spacial score (nSPS) is 16.5. The van der Waals surface area contributed by atoms with Crippen molar-refractivity contribution in [2.24, 2.45) is 0 Å². The minimum Gasteiger partial charge on any atom is -0.476 e. The first-order chi connectivity index (χ1) is 16.1. The number of H-pyrrole nitrogens is 1. The Morgan fingerprint density at radius 1 is 1.15 bits per heavy atom. The van der Waals surface area contributed by atoms with Gasteiger partial charge in [0.25, 0.3) is 0 Å². The number of hydrogen-bond acceptors (Lipinski definition) is 9. The molecule has 0 spiro atoms. The molecule has 1 aliphatic carbocycles. The SMILES string of the molecule is CC(C)c1cc(CNc2nc(Nc3cc(C4CC4)[nH]n3)cc(OCCN3CCCC3)n2)on1. The summed E-state index contributed by atoms with van der Waals surface area (Å²) in [7, 11) is 0. The van der Waals surface area contributed by atoms with Gasteiger partial charge in [-0.05, 0) is 44.7 Å². The van der Waals surface area contributed by atoms with E-state index in [9.17, 15) is 0 Å². The van der Waals surface area contributed by atoms with Gasteiger partial charge in [-0.3, -0.25) is 10.00 Å². The Kier molecular flexibility index (Phi) is 6.43. The van der Waals surface area contributed by atoms with E-state index in [1.54, 1.807) is 0 Å². The van der Waals surface area contributed by atoms with E-state index in [1.165, 1.54) is 31.4 Å². The molecule has 33 heavy (non-hydrogen) atoms. The van der Waals surface area contributed by atoms with Gasteiger partial charge in [0, 0.05) is 36.4 Å². The third-order valence-electron chi connectivity index (χ3n) is 6.02. The summed E-state index contributed by atoms with van der Waals surface area (Å²) < 4.78 is 11.4. The van der Waals surface area contributed by atoms with Crippen molar-refractivity contribution in [1.29, 1.82) is 0 Å². The lowest BCUT2D eigenvalue weighted by molar-refractivity contribution is 0.232. The van der Waals surface area contributed by atoms with Gasteiger partial charge in [-0.2, -0.15) is 15.1 Å². The molecule has 2 fully saturated rings.